The predicted molar refractivity (Wildman–Crippen MR) is 96.1 cm³/mol. The lowest BCUT2D eigenvalue weighted by Crippen LogP contribution is -2.14. The summed E-state index contributed by atoms with van der Waals surface area (Å²) in [4.78, 5) is 0. The minimum atomic E-state index is 0.459. The summed E-state index contributed by atoms with van der Waals surface area (Å²) >= 11 is 0. The van der Waals surface area contributed by atoms with Gasteiger partial charge < -0.3 is 34.2 Å². The highest BCUT2D eigenvalue weighted by molar-refractivity contribution is 5.51. The fourth-order valence-corrected chi connectivity index (χ4v) is 1.85. The van der Waals surface area contributed by atoms with Crippen LogP contribution in [0.1, 0.15) is 6.92 Å². The van der Waals surface area contributed by atoms with Gasteiger partial charge in [-0.25, -0.2) is 0 Å². The summed E-state index contributed by atoms with van der Waals surface area (Å²) in [6.45, 7) is 8.13. The Morgan fingerprint density at radius 2 is 1.08 bits per heavy atom. The molecule has 1 aromatic rings. The molecule has 7 nitrogen and oxygen atoms in total. The molecular weight excluding hydrogens is 326 g/mol. The topological polar surface area (TPSA) is 81.4 Å². The molecule has 0 heterocycles. The van der Waals surface area contributed by atoms with Crippen molar-refractivity contribution in [3.05, 3.63) is 24.3 Å². The van der Waals surface area contributed by atoms with Crippen molar-refractivity contribution in [2.24, 2.45) is 0 Å². The van der Waals surface area contributed by atoms with Gasteiger partial charge in [0.15, 0.2) is 0 Å². The molecule has 0 saturated heterocycles. The van der Waals surface area contributed by atoms with Crippen molar-refractivity contribution in [3.63, 3.8) is 0 Å². The van der Waals surface area contributed by atoms with Crippen molar-refractivity contribution < 1.29 is 28.4 Å². The average molecular weight is 357 g/mol. The Morgan fingerprint density at radius 1 is 0.640 bits per heavy atom. The lowest BCUT2D eigenvalue weighted by molar-refractivity contribution is -0.0119. The molecular formula is C18H31NO6. The van der Waals surface area contributed by atoms with Crippen LogP contribution in [0.3, 0.4) is 0 Å². The second-order valence-electron chi connectivity index (χ2n) is 5.03. The van der Waals surface area contributed by atoms with Gasteiger partial charge in [-0.3, -0.25) is 0 Å². The Kier molecular flexibility index (Phi) is 14.0. The molecule has 0 fully saturated rings. The standard InChI is InChI=1S/C18H31NO6/c1-2-20-7-8-21-9-10-22-11-12-23-13-14-24-15-16-25-18-6-4-3-5-17(18)19/h3-6H,2,7-16,19H2,1H3. The van der Waals surface area contributed by atoms with Crippen LogP contribution in [-0.4, -0.2) is 72.7 Å². The summed E-state index contributed by atoms with van der Waals surface area (Å²) in [5.74, 6) is 0.682. The first-order valence-corrected chi connectivity index (χ1v) is 8.70. The van der Waals surface area contributed by atoms with Crippen LogP contribution in [0.15, 0.2) is 24.3 Å². The van der Waals surface area contributed by atoms with Crippen LogP contribution in [-0.2, 0) is 23.7 Å². The maximum absolute atomic E-state index is 5.78. The van der Waals surface area contributed by atoms with E-state index in [4.69, 9.17) is 34.2 Å². The molecule has 144 valence electrons. The molecule has 0 saturated carbocycles. The van der Waals surface area contributed by atoms with E-state index in [0.29, 0.717) is 77.5 Å². The minimum Gasteiger partial charge on any atom is -0.489 e. The molecule has 1 rings (SSSR count). The van der Waals surface area contributed by atoms with Crippen molar-refractivity contribution in [3.8, 4) is 5.75 Å². The van der Waals surface area contributed by atoms with Crippen LogP contribution < -0.4 is 10.5 Å². The van der Waals surface area contributed by atoms with Crippen molar-refractivity contribution in [1.82, 2.24) is 0 Å². The van der Waals surface area contributed by atoms with Crippen LogP contribution in [0.5, 0.6) is 5.75 Å². The lowest BCUT2D eigenvalue weighted by atomic mass is 10.3. The first-order chi connectivity index (χ1) is 12.3. The Bertz CT molecular complexity index is 418. The third-order valence-corrected chi connectivity index (χ3v) is 3.10. The molecule has 0 aliphatic rings. The SMILES string of the molecule is CCOCCOCCOCCOCCOCCOc1ccccc1N. The first kappa shape index (κ1) is 21.7. The van der Waals surface area contributed by atoms with Crippen molar-refractivity contribution in [2.75, 3.05) is 78.4 Å². The fraction of sp³-hybridized carbons (Fsp3) is 0.667. The Hall–Kier alpha value is -1.38. The van der Waals surface area contributed by atoms with Crippen molar-refractivity contribution in [1.29, 1.82) is 0 Å². The largest absolute Gasteiger partial charge is 0.489 e. The number of nitrogen functional groups attached to an aromatic ring is 1. The summed E-state index contributed by atoms with van der Waals surface area (Å²) in [5.41, 5.74) is 6.41. The van der Waals surface area contributed by atoms with Gasteiger partial charge in [0.1, 0.15) is 12.4 Å². The van der Waals surface area contributed by atoms with E-state index in [9.17, 15) is 0 Å². The second-order valence-corrected chi connectivity index (χ2v) is 5.03. The molecule has 0 spiro atoms. The fourth-order valence-electron chi connectivity index (χ4n) is 1.85. The molecule has 0 unspecified atom stereocenters. The summed E-state index contributed by atoms with van der Waals surface area (Å²) in [5, 5.41) is 0. The van der Waals surface area contributed by atoms with E-state index in [1.165, 1.54) is 0 Å². The molecule has 2 N–H and O–H groups in total. The van der Waals surface area contributed by atoms with Crippen LogP contribution in [0, 0.1) is 0 Å². The third-order valence-electron chi connectivity index (χ3n) is 3.10. The molecule has 0 bridgehead atoms. The molecule has 0 aromatic heterocycles. The van der Waals surface area contributed by atoms with Gasteiger partial charge in [0.05, 0.1) is 65.1 Å². The molecule has 0 amide bonds. The molecule has 25 heavy (non-hydrogen) atoms. The van der Waals surface area contributed by atoms with E-state index in [1.807, 2.05) is 25.1 Å². The van der Waals surface area contributed by atoms with E-state index in [1.54, 1.807) is 6.07 Å². The number of hydrogen-bond donors (Lipinski definition) is 1. The highest BCUT2D eigenvalue weighted by Gasteiger charge is 1.98. The van der Waals surface area contributed by atoms with Gasteiger partial charge >= 0.3 is 0 Å². The van der Waals surface area contributed by atoms with Crippen molar-refractivity contribution >= 4 is 5.69 Å². The zero-order valence-corrected chi connectivity index (χ0v) is 15.1. The smallest absolute Gasteiger partial charge is 0.142 e. The van der Waals surface area contributed by atoms with Crippen LogP contribution in [0.2, 0.25) is 0 Å². The number of anilines is 1. The van der Waals surface area contributed by atoms with Gasteiger partial charge in [0.2, 0.25) is 0 Å². The van der Waals surface area contributed by atoms with Gasteiger partial charge in [0, 0.05) is 6.61 Å². The van der Waals surface area contributed by atoms with Gasteiger partial charge in [-0.1, -0.05) is 12.1 Å². The highest BCUT2D eigenvalue weighted by Crippen LogP contribution is 2.19. The molecule has 7 heteroatoms. The lowest BCUT2D eigenvalue weighted by Gasteiger charge is -2.09. The van der Waals surface area contributed by atoms with E-state index in [-0.39, 0.29) is 0 Å². The summed E-state index contributed by atoms with van der Waals surface area (Å²) in [6, 6.07) is 7.40. The van der Waals surface area contributed by atoms with Crippen molar-refractivity contribution in [2.45, 2.75) is 6.92 Å². The zero-order chi connectivity index (χ0) is 18.0. The van der Waals surface area contributed by atoms with Gasteiger partial charge in [-0.2, -0.15) is 0 Å². The number of rotatable bonds is 17. The highest BCUT2D eigenvalue weighted by atomic mass is 16.6. The minimum absolute atomic E-state index is 0.459. The van der Waals surface area contributed by atoms with Gasteiger partial charge in [-0.15, -0.1) is 0 Å². The molecule has 0 aliphatic carbocycles. The summed E-state index contributed by atoms with van der Waals surface area (Å²) < 4.78 is 32.2. The first-order valence-electron chi connectivity index (χ1n) is 8.70. The maximum atomic E-state index is 5.78. The molecule has 1 aromatic carbocycles. The Morgan fingerprint density at radius 3 is 1.56 bits per heavy atom. The van der Waals surface area contributed by atoms with E-state index >= 15 is 0 Å². The van der Waals surface area contributed by atoms with Crippen LogP contribution in [0.4, 0.5) is 5.69 Å². The zero-order valence-electron chi connectivity index (χ0n) is 15.1. The summed E-state index contributed by atoms with van der Waals surface area (Å²) in [7, 11) is 0. The maximum Gasteiger partial charge on any atom is 0.142 e. The van der Waals surface area contributed by atoms with Crippen LogP contribution >= 0.6 is 0 Å². The Labute approximate surface area is 150 Å². The van der Waals surface area contributed by atoms with E-state index in [0.717, 1.165) is 6.61 Å². The number of para-hydroxylation sites is 2. The molecule has 0 atom stereocenters. The summed E-state index contributed by atoms with van der Waals surface area (Å²) in [6.07, 6.45) is 0. The number of ether oxygens (including phenoxy) is 6. The average Bonchev–Trinajstić information content (AvgIpc) is 2.63. The molecule has 0 aliphatic heterocycles. The number of nitrogens with two attached hydrogens (primary N) is 1. The number of hydrogen-bond acceptors (Lipinski definition) is 7. The van der Waals surface area contributed by atoms with Crippen LogP contribution in [0.25, 0.3) is 0 Å². The number of benzene rings is 1. The quantitative estimate of drug-likeness (QED) is 0.336. The normalized spacial score (nSPS) is 10.9. The van der Waals surface area contributed by atoms with E-state index < -0.39 is 0 Å². The van der Waals surface area contributed by atoms with Gasteiger partial charge in [0.25, 0.3) is 0 Å². The second kappa shape index (κ2) is 16.1. The van der Waals surface area contributed by atoms with Gasteiger partial charge in [-0.05, 0) is 19.1 Å². The van der Waals surface area contributed by atoms with E-state index in [2.05, 4.69) is 0 Å². The Balaban J connectivity index is 1.75. The monoisotopic (exact) mass is 357 g/mol. The third kappa shape index (κ3) is 12.6. The molecule has 0 radical (unpaired) electrons. The predicted octanol–water partition coefficient (Wildman–Crippen LogP) is 1.75.